The summed E-state index contributed by atoms with van der Waals surface area (Å²) in [6.45, 7) is 6.51. The van der Waals surface area contributed by atoms with Crippen LogP contribution in [0.3, 0.4) is 0 Å². The lowest BCUT2D eigenvalue weighted by atomic mass is 10.2. The summed E-state index contributed by atoms with van der Waals surface area (Å²) in [5.41, 5.74) is 3.19. The minimum absolute atomic E-state index is 0.455. The van der Waals surface area contributed by atoms with Crippen LogP contribution >= 0.6 is 15.9 Å². The normalized spacial score (nSPS) is 12.9. The first-order chi connectivity index (χ1) is 5.83. The maximum absolute atomic E-state index is 10.4. The lowest BCUT2D eigenvalue weighted by Gasteiger charge is -2.03. The predicted molar refractivity (Wildman–Crippen MR) is 60.7 cm³/mol. The van der Waals surface area contributed by atoms with Gasteiger partial charge in [0.05, 0.1) is 0 Å². The van der Waals surface area contributed by atoms with Gasteiger partial charge in [0, 0.05) is 6.42 Å². The molecule has 1 atom stereocenters. The first-order valence-corrected chi connectivity index (χ1v) is 8.61. The Kier molecular flexibility index (Phi) is 5.34. The zero-order valence-corrected chi connectivity index (χ0v) is 10.8. The highest BCUT2D eigenvalue weighted by atomic mass is 79.9. The maximum atomic E-state index is 10.4. The number of halogens is 1. The largest absolute Gasteiger partial charge is 0.480 e. The molecule has 0 fully saturated rings. The van der Waals surface area contributed by atoms with Crippen molar-refractivity contribution >= 4 is 30.0 Å². The van der Waals surface area contributed by atoms with Crippen LogP contribution in [0, 0.1) is 11.5 Å². The van der Waals surface area contributed by atoms with E-state index in [1.165, 1.54) is 0 Å². The molecule has 0 aromatic carbocycles. The van der Waals surface area contributed by atoms with Gasteiger partial charge in [-0.15, -0.1) is 11.5 Å². The molecule has 0 radical (unpaired) electrons. The second kappa shape index (κ2) is 5.46. The molecule has 0 saturated heterocycles. The number of rotatable bonds is 3. The van der Waals surface area contributed by atoms with Crippen LogP contribution in [0.5, 0.6) is 0 Å². The van der Waals surface area contributed by atoms with E-state index in [0.717, 1.165) is 0 Å². The Balaban J connectivity index is 3.78. The van der Waals surface area contributed by atoms with E-state index in [9.17, 15) is 4.79 Å². The van der Waals surface area contributed by atoms with Crippen LogP contribution in [0.25, 0.3) is 0 Å². The van der Waals surface area contributed by atoms with E-state index in [0.29, 0.717) is 12.8 Å². The van der Waals surface area contributed by atoms with Crippen LogP contribution in [-0.4, -0.2) is 24.0 Å². The average molecular weight is 263 g/mol. The molecule has 0 aliphatic rings. The molecule has 0 aromatic heterocycles. The molecule has 2 nitrogen and oxygen atoms in total. The molecule has 74 valence electrons. The summed E-state index contributed by atoms with van der Waals surface area (Å²) in [7, 11) is -1.28. The van der Waals surface area contributed by atoms with Gasteiger partial charge >= 0.3 is 5.97 Å². The summed E-state index contributed by atoms with van der Waals surface area (Å²) in [6.07, 6.45) is 1.24. The van der Waals surface area contributed by atoms with E-state index in [2.05, 4.69) is 47.0 Å². The van der Waals surface area contributed by atoms with Gasteiger partial charge in [0.2, 0.25) is 0 Å². The molecule has 0 amide bonds. The summed E-state index contributed by atoms with van der Waals surface area (Å²) in [5.74, 6) is 2.22. The molecule has 13 heavy (non-hydrogen) atoms. The fraction of sp³-hybridized carbons (Fsp3) is 0.667. The van der Waals surface area contributed by atoms with Crippen LogP contribution in [0.15, 0.2) is 0 Å². The minimum atomic E-state index is -1.28. The van der Waals surface area contributed by atoms with Crippen molar-refractivity contribution < 1.29 is 9.90 Å². The Morgan fingerprint density at radius 3 is 2.46 bits per heavy atom. The Morgan fingerprint density at radius 1 is 1.54 bits per heavy atom. The summed E-state index contributed by atoms with van der Waals surface area (Å²) >= 11 is 3.07. The second-order valence-corrected chi connectivity index (χ2v) is 9.75. The first-order valence-electron chi connectivity index (χ1n) is 4.20. The van der Waals surface area contributed by atoms with Gasteiger partial charge in [-0.3, -0.25) is 4.79 Å². The third kappa shape index (κ3) is 8.07. The quantitative estimate of drug-likeness (QED) is 0.482. The third-order valence-corrected chi connectivity index (χ3v) is 3.03. The van der Waals surface area contributed by atoms with Gasteiger partial charge in [0.1, 0.15) is 12.9 Å². The molecule has 0 aromatic rings. The zero-order chi connectivity index (χ0) is 10.5. The monoisotopic (exact) mass is 262 g/mol. The fourth-order valence-electron chi connectivity index (χ4n) is 0.650. The highest BCUT2D eigenvalue weighted by Crippen LogP contribution is 2.07. The molecule has 0 bridgehead atoms. The smallest absolute Gasteiger partial charge is 0.317 e. The number of hydrogen-bond acceptors (Lipinski definition) is 1. The van der Waals surface area contributed by atoms with Gasteiger partial charge in [-0.25, -0.2) is 0 Å². The average Bonchev–Trinajstić information content (AvgIpc) is 1.95. The molecule has 0 rings (SSSR count). The lowest BCUT2D eigenvalue weighted by molar-refractivity contribution is -0.136. The van der Waals surface area contributed by atoms with Crippen molar-refractivity contribution in [1.82, 2.24) is 0 Å². The van der Waals surface area contributed by atoms with E-state index in [1.807, 2.05) is 0 Å². The number of aliphatic carboxylic acids is 1. The van der Waals surface area contributed by atoms with Crippen molar-refractivity contribution in [1.29, 1.82) is 0 Å². The molecule has 0 aliphatic heterocycles. The van der Waals surface area contributed by atoms with Crippen molar-refractivity contribution in [2.75, 3.05) is 0 Å². The van der Waals surface area contributed by atoms with Gasteiger partial charge in [-0.05, 0) is 6.42 Å². The van der Waals surface area contributed by atoms with Crippen molar-refractivity contribution in [2.45, 2.75) is 37.3 Å². The minimum Gasteiger partial charge on any atom is -0.480 e. The van der Waals surface area contributed by atoms with Crippen molar-refractivity contribution in [2.24, 2.45) is 0 Å². The van der Waals surface area contributed by atoms with Gasteiger partial charge < -0.3 is 5.11 Å². The summed E-state index contributed by atoms with van der Waals surface area (Å²) in [6, 6.07) is 0. The number of alkyl halides is 1. The number of carboxylic acid groups (broad SMARTS) is 1. The highest BCUT2D eigenvalue weighted by molar-refractivity contribution is 9.10. The molecule has 0 aliphatic carbocycles. The molecule has 1 N–H and O–H groups in total. The van der Waals surface area contributed by atoms with Crippen LogP contribution in [0.4, 0.5) is 0 Å². The van der Waals surface area contributed by atoms with Gasteiger partial charge in [-0.1, -0.05) is 35.6 Å². The van der Waals surface area contributed by atoms with Crippen LogP contribution in [0.2, 0.25) is 19.6 Å². The zero-order valence-electron chi connectivity index (χ0n) is 8.22. The summed E-state index contributed by atoms with van der Waals surface area (Å²) in [4.78, 5) is 9.95. The van der Waals surface area contributed by atoms with Gasteiger partial charge in [0.15, 0.2) is 0 Å². The molecular weight excluding hydrogens is 248 g/mol. The van der Waals surface area contributed by atoms with E-state index < -0.39 is 18.9 Å². The SMILES string of the molecule is C[Si](C)(C)C#CCCC(Br)C(=O)O. The molecule has 1 unspecified atom stereocenters. The van der Waals surface area contributed by atoms with E-state index in [-0.39, 0.29) is 0 Å². The number of hydrogen-bond donors (Lipinski definition) is 1. The summed E-state index contributed by atoms with van der Waals surface area (Å²) in [5, 5.41) is 8.55. The lowest BCUT2D eigenvalue weighted by Crippen LogP contribution is -2.16. The molecule has 0 spiro atoms. The molecule has 0 saturated carbocycles. The Hall–Kier alpha value is -0.273. The standard InChI is InChI=1S/C9H15BrO2Si/c1-13(2,3)7-5-4-6-8(10)9(11)12/h8H,4,6H2,1-3H3,(H,11,12). The van der Waals surface area contributed by atoms with Gasteiger partial charge in [-0.2, -0.15) is 0 Å². The number of carbonyl (C=O) groups is 1. The molecule has 4 heteroatoms. The van der Waals surface area contributed by atoms with E-state index in [4.69, 9.17) is 5.11 Å². The van der Waals surface area contributed by atoms with Gasteiger partial charge in [0.25, 0.3) is 0 Å². The Bertz CT molecular complexity index is 234. The predicted octanol–water partition coefficient (Wildman–Crippen LogP) is 2.50. The van der Waals surface area contributed by atoms with E-state index in [1.54, 1.807) is 0 Å². The fourth-order valence-corrected chi connectivity index (χ4v) is 1.53. The Labute approximate surface area is 88.9 Å². The third-order valence-electron chi connectivity index (χ3n) is 1.25. The van der Waals surface area contributed by atoms with Crippen molar-refractivity contribution in [3.63, 3.8) is 0 Å². The van der Waals surface area contributed by atoms with Crippen molar-refractivity contribution in [3.8, 4) is 11.5 Å². The van der Waals surface area contributed by atoms with Crippen LogP contribution in [0.1, 0.15) is 12.8 Å². The second-order valence-electron chi connectivity index (χ2n) is 3.90. The Morgan fingerprint density at radius 2 is 2.08 bits per heavy atom. The topological polar surface area (TPSA) is 37.3 Å². The number of carboxylic acids is 1. The highest BCUT2D eigenvalue weighted by Gasteiger charge is 2.11. The molecular formula is C9H15BrO2Si. The maximum Gasteiger partial charge on any atom is 0.317 e. The van der Waals surface area contributed by atoms with Crippen LogP contribution in [-0.2, 0) is 4.79 Å². The molecule has 0 heterocycles. The summed E-state index contributed by atoms with van der Waals surface area (Å²) < 4.78 is 0. The first kappa shape index (κ1) is 12.7. The van der Waals surface area contributed by atoms with E-state index >= 15 is 0 Å². The van der Waals surface area contributed by atoms with Crippen molar-refractivity contribution in [3.05, 3.63) is 0 Å². The van der Waals surface area contributed by atoms with Crippen LogP contribution < -0.4 is 0 Å².